The number of ketones is 2. The molecular formula is C28H23F2N3O3. The quantitative estimate of drug-likeness (QED) is 0.488. The first kappa shape index (κ1) is 23.7. The van der Waals surface area contributed by atoms with Crippen molar-refractivity contribution in [3.63, 3.8) is 0 Å². The number of aromatic nitrogens is 1. The van der Waals surface area contributed by atoms with E-state index in [1.165, 1.54) is 6.20 Å². The molecule has 3 aromatic rings. The zero-order chi connectivity index (χ0) is 25.4. The number of Topliss-reactive ketones (excluding diaryl/α,β-unsaturated/α-hetero) is 2. The topological polar surface area (TPSA) is 91.1 Å². The van der Waals surface area contributed by atoms with Gasteiger partial charge in [0.1, 0.15) is 11.8 Å². The average molecular weight is 488 g/mol. The van der Waals surface area contributed by atoms with E-state index in [9.17, 15) is 23.2 Å². The van der Waals surface area contributed by atoms with Gasteiger partial charge in [-0.05, 0) is 46.9 Å². The van der Waals surface area contributed by atoms with Gasteiger partial charge in [-0.2, -0.15) is 5.26 Å². The Morgan fingerprint density at radius 1 is 1.06 bits per heavy atom. The SMILES string of the molecule is N#C[C@@H]1CC(F)(F)CN1C(=O)CCC(=O)c1ccnc2ccc(-c3ccc4c(c3)CCC(=O)C4)cc12. The molecule has 1 saturated heterocycles. The fourth-order valence-electron chi connectivity index (χ4n) is 5.05. The van der Waals surface area contributed by atoms with E-state index in [1.54, 1.807) is 12.1 Å². The first-order chi connectivity index (χ1) is 17.2. The van der Waals surface area contributed by atoms with Gasteiger partial charge in [0, 0.05) is 49.3 Å². The molecule has 182 valence electrons. The number of hydrogen-bond acceptors (Lipinski definition) is 5. The van der Waals surface area contributed by atoms with Gasteiger partial charge in [0.2, 0.25) is 5.91 Å². The molecule has 0 unspecified atom stereocenters. The van der Waals surface area contributed by atoms with Crippen LogP contribution in [-0.2, 0) is 22.4 Å². The van der Waals surface area contributed by atoms with E-state index in [-0.39, 0.29) is 24.4 Å². The van der Waals surface area contributed by atoms with E-state index >= 15 is 0 Å². The Balaban J connectivity index is 1.37. The van der Waals surface area contributed by atoms with E-state index in [1.807, 2.05) is 30.3 Å². The summed E-state index contributed by atoms with van der Waals surface area (Å²) in [6.45, 7) is -0.797. The molecule has 2 heterocycles. The highest BCUT2D eigenvalue weighted by atomic mass is 19.3. The van der Waals surface area contributed by atoms with Gasteiger partial charge in [-0.3, -0.25) is 19.4 Å². The minimum Gasteiger partial charge on any atom is -0.320 e. The smallest absolute Gasteiger partial charge is 0.268 e. The van der Waals surface area contributed by atoms with Crippen LogP contribution in [0.1, 0.15) is 47.2 Å². The summed E-state index contributed by atoms with van der Waals surface area (Å²) in [5, 5.41) is 9.76. The fourth-order valence-corrected chi connectivity index (χ4v) is 5.05. The third kappa shape index (κ3) is 4.61. The molecule has 1 aliphatic heterocycles. The minimum absolute atomic E-state index is 0.157. The Hall–Kier alpha value is -3.99. The van der Waals surface area contributed by atoms with Crippen molar-refractivity contribution >= 4 is 28.4 Å². The maximum Gasteiger partial charge on any atom is 0.268 e. The Labute approximate surface area is 206 Å². The summed E-state index contributed by atoms with van der Waals surface area (Å²) in [5.41, 5.74) is 5.10. The van der Waals surface area contributed by atoms with Gasteiger partial charge in [-0.15, -0.1) is 0 Å². The molecule has 1 fully saturated rings. The van der Waals surface area contributed by atoms with Crippen molar-refractivity contribution < 1.29 is 23.2 Å². The highest BCUT2D eigenvalue weighted by Crippen LogP contribution is 2.33. The Morgan fingerprint density at radius 3 is 2.64 bits per heavy atom. The van der Waals surface area contributed by atoms with Crippen LogP contribution in [0, 0.1) is 11.3 Å². The number of hydrogen-bond donors (Lipinski definition) is 0. The number of pyridine rings is 1. The molecule has 1 aromatic heterocycles. The summed E-state index contributed by atoms with van der Waals surface area (Å²) in [5.74, 6) is -3.77. The Morgan fingerprint density at radius 2 is 1.83 bits per heavy atom. The molecule has 1 atom stereocenters. The maximum absolute atomic E-state index is 13.7. The van der Waals surface area contributed by atoms with E-state index in [0.29, 0.717) is 35.7 Å². The average Bonchev–Trinajstić information content (AvgIpc) is 3.20. The second kappa shape index (κ2) is 9.23. The second-order valence-corrected chi connectivity index (χ2v) is 9.44. The van der Waals surface area contributed by atoms with Crippen LogP contribution in [0.25, 0.3) is 22.0 Å². The van der Waals surface area contributed by atoms with Crippen LogP contribution in [0.3, 0.4) is 0 Å². The van der Waals surface area contributed by atoms with E-state index in [4.69, 9.17) is 5.26 Å². The van der Waals surface area contributed by atoms with Crippen LogP contribution < -0.4 is 0 Å². The standard InChI is InChI=1S/C28H23F2N3O3/c29-28(30)14-21(15-31)33(16-28)27(36)8-7-26(35)23-9-10-32-25-6-4-20(13-24(23)25)17-1-2-19-12-22(34)5-3-18(19)11-17/h1-2,4,6,9-11,13,21H,3,5,7-8,12,14,16H2/t21-/m0/s1. The minimum atomic E-state index is -3.09. The third-order valence-electron chi connectivity index (χ3n) is 6.95. The molecule has 1 aliphatic carbocycles. The van der Waals surface area contributed by atoms with Crippen LogP contribution >= 0.6 is 0 Å². The zero-order valence-electron chi connectivity index (χ0n) is 19.5. The summed E-state index contributed by atoms with van der Waals surface area (Å²) < 4.78 is 27.4. The van der Waals surface area contributed by atoms with Crippen molar-refractivity contribution in [3.8, 4) is 17.2 Å². The number of carbonyl (C=O) groups excluding carboxylic acids is 3. The molecule has 0 spiro atoms. The Kier molecular flexibility index (Phi) is 6.09. The molecule has 36 heavy (non-hydrogen) atoms. The van der Waals surface area contributed by atoms with Gasteiger partial charge in [0.25, 0.3) is 5.92 Å². The predicted molar refractivity (Wildman–Crippen MR) is 128 cm³/mol. The van der Waals surface area contributed by atoms with E-state index in [0.717, 1.165) is 27.2 Å². The third-order valence-corrected chi connectivity index (χ3v) is 6.95. The van der Waals surface area contributed by atoms with Gasteiger partial charge >= 0.3 is 0 Å². The molecule has 6 nitrogen and oxygen atoms in total. The number of alkyl halides is 2. The number of amides is 1. The van der Waals surface area contributed by atoms with Crippen molar-refractivity contribution in [2.24, 2.45) is 0 Å². The molecule has 0 radical (unpaired) electrons. The van der Waals surface area contributed by atoms with Crippen LogP contribution in [0.2, 0.25) is 0 Å². The number of nitriles is 1. The van der Waals surface area contributed by atoms with Crippen LogP contribution in [-0.4, -0.2) is 45.9 Å². The lowest BCUT2D eigenvalue weighted by molar-refractivity contribution is -0.132. The lowest BCUT2D eigenvalue weighted by Crippen LogP contribution is -2.36. The van der Waals surface area contributed by atoms with Crippen molar-refractivity contribution in [3.05, 3.63) is 65.4 Å². The number of rotatable bonds is 5. The number of benzene rings is 2. The monoisotopic (exact) mass is 487 g/mol. The number of carbonyl (C=O) groups is 3. The van der Waals surface area contributed by atoms with Gasteiger partial charge in [-0.1, -0.05) is 24.3 Å². The maximum atomic E-state index is 13.7. The summed E-state index contributed by atoms with van der Waals surface area (Å²) in [4.78, 5) is 42.6. The number of nitrogens with zero attached hydrogens (tertiary/aromatic N) is 3. The van der Waals surface area contributed by atoms with Crippen molar-refractivity contribution in [2.75, 3.05) is 6.54 Å². The number of aryl methyl sites for hydroxylation is 1. The molecule has 8 heteroatoms. The molecule has 0 saturated carbocycles. The van der Waals surface area contributed by atoms with Crippen molar-refractivity contribution in [1.29, 1.82) is 5.26 Å². The molecule has 1 amide bonds. The number of fused-ring (bicyclic) bond motifs is 2. The molecule has 2 aromatic carbocycles. The number of halogens is 2. The van der Waals surface area contributed by atoms with Crippen LogP contribution in [0.15, 0.2) is 48.7 Å². The summed E-state index contributed by atoms with van der Waals surface area (Å²) in [7, 11) is 0. The zero-order valence-corrected chi connectivity index (χ0v) is 19.5. The van der Waals surface area contributed by atoms with Gasteiger partial charge in [-0.25, -0.2) is 8.78 Å². The first-order valence-electron chi connectivity index (χ1n) is 11.9. The molecule has 0 bridgehead atoms. The normalized spacial score (nSPS) is 18.6. The van der Waals surface area contributed by atoms with Crippen LogP contribution in [0.5, 0.6) is 0 Å². The van der Waals surface area contributed by atoms with E-state index in [2.05, 4.69) is 11.1 Å². The predicted octanol–water partition coefficient (Wildman–Crippen LogP) is 4.68. The molecule has 0 N–H and O–H groups in total. The Bertz CT molecular complexity index is 1440. The highest BCUT2D eigenvalue weighted by molar-refractivity contribution is 6.08. The first-order valence-corrected chi connectivity index (χ1v) is 11.9. The second-order valence-electron chi connectivity index (χ2n) is 9.44. The summed E-state index contributed by atoms with van der Waals surface area (Å²) in [6.07, 6.45) is 2.15. The summed E-state index contributed by atoms with van der Waals surface area (Å²) in [6, 6.07) is 13.8. The van der Waals surface area contributed by atoms with Crippen molar-refractivity contribution in [1.82, 2.24) is 9.88 Å². The summed E-state index contributed by atoms with van der Waals surface area (Å²) >= 11 is 0. The largest absolute Gasteiger partial charge is 0.320 e. The fraction of sp³-hybridized carbons (Fsp3) is 0.321. The molecular weight excluding hydrogens is 464 g/mol. The van der Waals surface area contributed by atoms with Gasteiger partial charge in [0.15, 0.2) is 5.78 Å². The van der Waals surface area contributed by atoms with Crippen LogP contribution in [0.4, 0.5) is 8.78 Å². The molecule has 5 rings (SSSR count). The highest BCUT2D eigenvalue weighted by Gasteiger charge is 2.47. The lowest BCUT2D eigenvalue weighted by atomic mass is 9.88. The number of likely N-dealkylation sites (tertiary alicyclic amines) is 1. The molecule has 2 aliphatic rings. The lowest BCUT2D eigenvalue weighted by Gasteiger charge is -2.19. The van der Waals surface area contributed by atoms with Crippen molar-refractivity contribution in [2.45, 2.75) is 50.5 Å². The van der Waals surface area contributed by atoms with E-state index < -0.39 is 30.8 Å². The van der Waals surface area contributed by atoms with Gasteiger partial charge in [0.05, 0.1) is 18.1 Å². The van der Waals surface area contributed by atoms with Gasteiger partial charge < -0.3 is 4.90 Å².